The van der Waals surface area contributed by atoms with Gasteiger partial charge in [-0.25, -0.2) is 0 Å². The Morgan fingerprint density at radius 3 is 1.79 bits per heavy atom. The normalized spacial score (nSPS) is 12.0. The first-order chi connectivity index (χ1) is 9.24. The summed E-state index contributed by atoms with van der Waals surface area (Å²) in [6.45, 7) is 10.6. The van der Waals surface area contributed by atoms with E-state index in [1.54, 1.807) is 0 Å². The molecule has 0 aliphatic heterocycles. The van der Waals surface area contributed by atoms with Crippen LogP contribution >= 0.6 is 0 Å². The molecule has 0 bridgehead atoms. The predicted octanol–water partition coefficient (Wildman–Crippen LogP) is 4.44. The molecule has 0 rings (SSSR count). The molecule has 0 spiro atoms. The molecule has 0 unspecified atom stereocenters. The number of hydrogen-bond acceptors (Lipinski definition) is 3. The maximum Gasteiger partial charge on any atom is 0.364 e. The van der Waals surface area contributed by atoms with Crippen molar-refractivity contribution in [2.24, 2.45) is 0 Å². The minimum atomic E-state index is -2.11. The van der Waals surface area contributed by atoms with Gasteiger partial charge >= 0.3 is 8.56 Å². The highest BCUT2D eigenvalue weighted by Gasteiger charge is 2.36. The Morgan fingerprint density at radius 1 is 0.684 bits per heavy atom. The molecule has 0 aromatic carbocycles. The minimum Gasteiger partial charge on any atom is -0.393 e. The van der Waals surface area contributed by atoms with Gasteiger partial charge in [0.05, 0.1) is 6.23 Å². The average Bonchev–Trinajstić information content (AvgIpc) is 2.41. The Balaban J connectivity index is 4.06. The molecule has 0 saturated carbocycles. The second kappa shape index (κ2) is 13.1. The lowest BCUT2D eigenvalue weighted by molar-refractivity contribution is 0.111. The topological polar surface area (TPSA) is 27.7 Å². The van der Waals surface area contributed by atoms with Gasteiger partial charge in [-0.2, -0.15) is 0 Å². The summed E-state index contributed by atoms with van der Waals surface area (Å²) in [7, 11) is -2.11. The highest BCUT2D eigenvalue weighted by atomic mass is 28.4. The summed E-state index contributed by atoms with van der Waals surface area (Å²) in [6, 6.07) is 1.07. The summed E-state index contributed by atoms with van der Waals surface area (Å²) in [5, 5.41) is 0. The van der Waals surface area contributed by atoms with Crippen molar-refractivity contribution in [1.29, 1.82) is 0 Å². The van der Waals surface area contributed by atoms with Crippen LogP contribution in [0, 0.1) is 0 Å². The van der Waals surface area contributed by atoms with E-state index in [9.17, 15) is 0 Å². The highest BCUT2D eigenvalue weighted by molar-refractivity contribution is 6.67. The van der Waals surface area contributed by atoms with Crippen LogP contribution in [0.25, 0.3) is 0 Å². The standard InChI is InChI=1S/C15H34O3Si/c1-5-9-10-11-12-13-14-19(17-7-3,18-8-4)15-16-6-2/h5-15H2,1-4H3. The van der Waals surface area contributed by atoms with Crippen LogP contribution < -0.4 is 0 Å². The van der Waals surface area contributed by atoms with Gasteiger partial charge in [0, 0.05) is 19.8 Å². The van der Waals surface area contributed by atoms with Crippen LogP contribution in [0.1, 0.15) is 66.2 Å². The van der Waals surface area contributed by atoms with Gasteiger partial charge in [0.1, 0.15) is 0 Å². The van der Waals surface area contributed by atoms with Gasteiger partial charge in [-0.3, -0.25) is 0 Å². The van der Waals surface area contributed by atoms with Gasteiger partial charge in [0.15, 0.2) is 0 Å². The smallest absolute Gasteiger partial charge is 0.364 e. The maximum atomic E-state index is 5.99. The van der Waals surface area contributed by atoms with Crippen molar-refractivity contribution >= 4 is 8.56 Å². The zero-order valence-corrected chi connectivity index (χ0v) is 14.5. The molecule has 0 aliphatic carbocycles. The van der Waals surface area contributed by atoms with E-state index >= 15 is 0 Å². The number of ether oxygens (including phenoxy) is 1. The lowest BCUT2D eigenvalue weighted by Gasteiger charge is -2.29. The van der Waals surface area contributed by atoms with Crippen LogP contribution in [0.3, 0.4) is 0 Å². The SMILES string of the molecule is CCCCCCCC[Si](COCC)(OCC)OCC. The van der Waals surface area contributed by atoms with Crippen molar-refractivity contribution in [1.82, 2.24) is 0 Å². The number of hydrogen-bond donors (Lipinski definition) is 0. The van der Waals surface area contributed by atoms with E-state index < -0.39 is 8.56 Å². The van der Waals surface area contributed by atoms with Crippen LogP contribution in [0.4, 0.5) is 0 Å². The molecule has 0 fully saturated rings. The molecule has 0 aromatic heterocycles. The molecule has 0 N–H and O–H groups in total. The Bertz CT molecular complexity index is 182. The highest BCUT2D eigenvalue weighted by Crippen LogP contribution is 2.20. The van der Waals surface area contributed by atoms with Gasteiger partial charge in [0.2, 0.25) is 0 Å². The van der Waals surface area contributed by atoms with Gasteiger partial charge in [-0.1, -0.05) is 45.4 Å². The Kier molecular flexibility index (Phi) is 13.2. The lowest BCUT2D eigenvalue weighted by Crippen LogP contribution is -2.47. The predicted molar refractivity (Wildman–Crippen MR) is 83.7 cm³/mol. The first kappa shape index (κ1) is 19.1. The summed E-state index contributed by atoms with van der Waals surface area (Å²) < 4.78 is 17.6. The maximum absolute atomic E-state index is 5.99. The second-order valence-corrected chi connectivity index (χ2v) is 8.12. The average molecular weight is 291 g/mol. The zero-order chi connectivity index (χ0) is 14.4. The Labute approximate surface area is 121 Å². The summed E-state index contributed by atoms with van der Waals surface area (Å²) in [5.41, 5.74) is 0. The Hall–Kier alpha value is 0.0969. The van der Waals surface area contributed by atoms with Crippen LogP contribution in [-0.2, 0) is 13.6 Å². The van der Waals surface area contributed by atoms with Crippen LogP contribution in [0.2, 0.25) is 6.04 Å². The fourth-order valence-corrected chi connectivity index (χ4v) is 5.34. The van der Waals surface area contributed by atoms with Crippen LogP contribution in [0.15, 0.2) is 0 Å². The summed E-state index contributed by atoms with van der Waals surface area (Å²) in [5.74, 6) is 0. The molecule has 0 aromatic rings. The molecule has 0 saturated heterocycles. The van der Waals surface area contributed by atoms with Gasteiger partial charge in [0.25, 0.3) is 0 Å². The molecule has 0 heterocycles. The summed E-state index contributed by atoms with van der Waals surface area (Å²) >= 11 is 0. The lowest BCUT2D eigenvalue weighted by atomic mass is 10.1. The van der Waals surface area contributed by atoms with Gasteiger partial charge in [-0.15, -0.1) is 0 Å². The largest absolute Gasteiger partial charge is 0.393 e. The van der Waals surface area contributed by atoms with E-state index in [0.717, 1.165) is 25.9 Å². The molecule has 0 aliphatic rings. The van der Waals surface area contributed by atoms with Crippen LogP contribution in [0.5, 0.6) is 0 Å². The first-order valence-corrected chi connectivity index (χ1v) is 10.3. The van der Waals surface area contributed by atoms with Crippen LogP contribution in [-0.4, -0.2) is 34.6 Å². The third kappa shape index (κ3) is 9.60. The molecule has 4 heteroatoms. The van der Waals surface area contributed by atoms with Crippen molar-refractivity contribution < 1.29 is 13.6 Å². The molecule has 0 radical (unpaired) electrons. The van der Waals surface area contributed by atoms with Crippen molar-refractivity contribution in [3.63, 3.8) is 0 Å². The Morgan fingerprint density at radius 2 is 1.26 bits per heavy atom. The summed E-state index contributed by atoms with van der Waals surface area (Å²) in [6.07, 6.45) is 8.55. The van der Waals surface area contributed by atoms with E-state index in [1.807, 2.05) is 20.8 Å². The monoisotopic (exact) mass is 290 g/mol. The van der Waals surface area contributed by atoms with E-state index in [2.05, 4.69) is 6.92 Å². The molecule has 0 amide bonds. The molecule has 19 heavy (non-hydrogen) atoms. The minimum absolute atomic E-state index is 0.681. The number of unbranched alkanes of at least 4 members (excludes halogenated alkanes) is 5. The summed E-state index contributed by atoms with van der Waals surface area (Å²) in [4.78, 5) is 0. The molecular formula is C15H34O3Si. The van der Waals surface area contributed by atoms with E-state index in [-0.39, 0.29) is 0 Å². The fraction of sp³-hybridized carbons (Fsp3) is 1.00. The van der Waals surface area contributed by atoms with Gasteiger partial charge in [-0.05, 0) is 26.8 Å². The number of rotatable bonds is 14. The van der Waals surface area contributed by atoms with E-state index in [1.165, 1.54) is 38.5 Å². The molecule has 116 valence electrons. The molecule has 0 atom stereocenters. The third-order valence-electron chi connectivity index (χ3n) is 3.25. The zero-order valence-electron chi connectivity index (χ0n) is 13.5. The third-order valence-corrected chi connectivity index (χ3v) is 6.64. The second-order valence-electron chi connectivity index (χ2n) is 4.93. The quantitative estimate of drug-likeness (QED) is 0.350. The molecular weight excluding hydrogens is 256 g/mol. The van der Waals surface area contributed by atoms with Crippen molar-refractivity contribution in [3.05, 3.63) is 0 Å². The van der Waals surface area contributed by atoms with Crippen molar-refractivity contribution in [3.8, 4) is 0 Å². The van der Waals surface area contributed by atoms with Crippen molar-refractivity contribution in [2.45, 2.75) is 72.3 Å². The fourth-order valence-electron chi connectivity index (χ4n) is 2.30. The van der Waals surface area contributed by atoms with E-state index in [0.29, 0.717) is 6.23 Å². The van der Waals surface area contributed by atoms with E-state index in [4.69, 9.17) is 13.6 Å². The van der Waals surface area contributed by atoms with Gasteiger partial charge < -0.3 is 13.6 Å². The first-order valence-electron chi connectivity index (χ1n) is 8.10. The molecule has 3 nitrogen and oxygen atoms in total. The van der Waals surface area contributed by atoms with Crippen molar-refractivity contribution in [2.75, 3.05) is 26.1 Å².